The Bertz CT molecular complexity index is 495. The summed E-state index contributed by atoms with van der Waals surface area (Å²) in [6.45, 7) is 2.07. The summed E-state index contributed by atoms with van der Waals surface area (Å²) >= 11 is 1.52. The first-order chi connectivity index (χ1) is 10.6. The van der Waals surface area contributed by atoms with E-state index in [1.54, 1.807) is 6.92 Å². The molecule has 22 heavy (non-hydrogen) atoms. The summed E-state index contributed by atoms with van der Waals surface area (Å²) in [5.41, 5.74) is 0. The summed E-state index contributed by atoms with van der Waals surface area (Å²) in [5.74, 6) is -0.912. The third kappa shape index (κ3) is 5.12. The first kappa shape index (κ1) is 17.0. The Morgan fingerprint density at radius 2 is 2.36 bits per heavy atom. The molecule has 0 bridgehead atoms. The molecule has 1 amide bonds. The van der Waals surface area contributed by atoms with Crippen molar-refractivity contribution in [2.24, 2.45) is 0 Å². The zero-order chi connectivity index (χ0) is 15.9. The number of esters is 1. The molecule has 1 saturated heterocycles. The number of hydrogen-bond acceptors (Lipinski definition) is 6. The van der Waals surface area contributed by atoms with Gasteiger partial charge in [-0.15, -0.1) is 11.3 Å². The van der Waals surface area contributed by atoms with Crippen molar-refractivity contribution in [3.63, 3.8) is 0 Å². The second-order valence-electron chi connectivity index (χ2n) is 5.17. The van der Waals surface area contributed by atoms with Gasteiger partial charge in [0, 0.05) is 4.88 Å². The van der Waals surface area contributed by atoms with Crippen molar-refractivity contribution >= 4 is 30.3 Å². The molecule has 1 aliphatic heterocycles. The lowest BCUT2D eigenvalue weighted by atomic mass is 9.72. The predicted octanol–water partition coefficient (Wildman–Crippen LogP) is 0.927. The van der Waals surface area contributed by atoms with Crippen LogP contribution in [0.5, 0.6) is 0 Å². The number of nitrogens with one attached hydrogen (secondary N) is 1. The van der Waals surface area contributed by atoms with Gasteiger partial charge in [-0.05, 0) is 31.2 Å². The molecule has 0 unspecified atom stereocenters. The Labute approximate surface area is 134 Å². The Hall–Kier alpha value is -1.38. The van der Waals surface area contributed by atoms with Crippen molar-refractivity contribution in [3.05, 3.63) is 22.4 Å². The van der Waals surface area contributed by atoms with Gasteiger partial charge in [0.1, 0.15) is 0 Å². The van der Waals surface area contributed by atoms with Gasteiger partial charge in [0.05, 0.1) is 31.5 Å². The number of carbonyl (C=O) groups excluding carboxylic acids is 2. The molecule has 2 N–H and O–H groups in total. The van der Waals surface area contributed by atoms with Crippen molar-refractivity contribution in [2.75, 3.05) is 6.61 Å². The van der Waals surface area contributed by atoms with Crippen molar-refractivity contribution < 1.29 is 24.0 Å². The van der Waals surface area contributed by atoms with Gasteiger partial charge in [-0.2, -0.15) is 0 Å². The fraction of sp³-hybridized carbons (Fsp3) is 0.571. The van der Waals surface area contributed by atoms with Gasteiger partial charge in [-0.25, -0.2) is 0 Å². The van der Waals surface area contributed by atoms with E-state index in [2.05, 4.69) is 5.32 Å². The number of ether oxygens (including phenoxy) is 1. The van der Waals surface area contributed by atoms with Crippen LogP contribution in [0.1, 0.15) is 31.1 Å². The van der Waals surface area contributed by atoms with Gasteiger partial charge in [0.2, 0.25) is 5.91 Å². The van der Waals surface area contributed by atoms with E-state index >= 15 is 0 Å². The molecule has 120 valence electrons. The number of thiophene rings is 1. The molecule has 0 radical (unpaired) electrons. The van der Waals surface area contributed by atoms with Crippen LogP contribution in [0.25, 0.3) is 0 Å². The minimum absolute atomic E-state index is 0.126. The maximum absolute atomic E-state index is 11.9. The molecule has 2 rings (SSSR count). The minimum Gasteiger partial charge on any atom is -0.466 e. The lowest BCUT2D eigenvalue weighted by molar-refractivity contribution is -0.145. The maximum Gasteiger partial charge on any atom is 0.478 e. The highest BCUT2D eigenvalue weighted by molar-refractivity contribution is 7.10. The minimum atomic E-state index is -1.10. The third-order valence-corrected chi connectivity index (χ3v) is 4.31. The van der Waals surface area contributed by atoms with E-state index in [1.165, 1.54) is 11.3 Å². The van der Waals surface area contributed by atoms with Crippen LogP contribution in [0.3, 0.4) is 0 Å². The topological polar surface area (TPSA) is 84.9 Å². The summed E-state index contributed by atoms with van der Waals surface area (Å²) in [7, 11) is -1.10. The summed E-state index contributed by atoms with van der Waals surface area (Å²) in [4.78, 5) is 24.3. The van der Waals surface area contributed by atoms with Gasteiger partial charge in [0.25, 0.3) is 0 Å². The highest BCUT2D eigenvalue weighted by Crippen LogP contribution is 2.19. The van der Waals surface area contributed by atoms with Gasteiger partial charge in [0.15, 0.2) is 0 Å². The second-order valence-corrected chi connectivity index (χ2v) is 6.20. The molecule has 8 heteroatoms. The number of amides is 1. The molecule has 0 aliphatic carbocycles. The zero-order valence-electron chi connectivity index (χ0n) is 12.5. The molecule has 0 spiro atoms. The Balaban J connectivity index is 1.75. The first-order valence-corrected chi connectivity index (χ1v) is 8.27. The van der Waals surface area contributed by atoms with Crippen molar-refractivity contribution in [3.8, 4) is 0 Å². The van der Waals surface area contributed by atoms with E-state index in [1.807, 2.05) is 17.5 Å². The quantitative estimate of drug-likeness (QED) is 0.600. The molecule has 2 atom stereocenters. The van der Waals surface area contributed by atoms with Crippen molar-refractivity contribution in [1.29, 1.82) is 0 Å². The first-order valence-electron chi connectivity index (χ1n) is 7.39. The zero-order valence-corrected chi connectivity index (χ0v) is 13.3. The summed E-state index contributed by atoms with van der Waals surface area (Å²) in [6.07, 6.45) is 1.23. The highest BCUT2D eigenvalue weighted by Gasteiger charge is 2.36. The SMILES string of the molecule is CCOC(=O)C[C@@H]1CC[C@H](NC(=O)Cc2cccs2)B(O)O1. The average molecular weight is 325 g/mol. The lowest BCUT2D eigenvalue weighted by Gasteiger charge is -2.31. The normalized spacial score (nSPS) is 21.5. The molecule has 0 saturated carbocycles. The van der Waals surface area contributed by atoms with Crippen LogP contribution in [-0.2, 0) is 25.4 Å². The van der Waals surface area contributed by atoms with E-state index in [9.17, 15) is 14.6 Å². The molecule has 1 aliphatic rings. The molecule has 1 fully saturated rings. The third-order valence-electron chi connectivity index (χ3n) is 3.44. The largest absolute Gasteiger partial charge is 0.478 e. The van der Waals surface area contributed by atoms with Crippen LogP contribution >= 0.6 is 11.3 Å². The average Bonchev–Trinajstić information content (AvgIpc) is 2.95. The van der Waals surface area contributed by atoms with E-state index in [4.69, 9.17) is 9.39 Å². The molecule has 1 aromatic rings. The lowest BCUT2D eigenvalue weighted by Crippen LogP contribution is -2.53. The smallest absolute Gasteiger partial charge is 0.466 e. The molecule has 0 aromatic carbocycles. The summed E-state index contributed by atoms with van der Waals surface area (Å²) in [5, 5.41) is 14.7. The van der Waals surface area contributed by atoms with E-state index in [-0.39, 0.29) is 24.4 Å². The number of carbonyl (C=O) groups is 2. The van der Waals surface area contributed by atoms with Crippen LogP contribution < -0.4 is 5.32 Å². The van der Waals surface area contributed by atoms with Gasteiger partial charge >= 0.3 is 13.1 Å². The van der Waals surface area contributed by atoms with E-state index in [0.717, 1.165) is 4.88 Å². The van der Waals surface area contributed by atoms with Crippen LogP contribution in [0.4, 0.5) is 0 Å². The van der Waals surface area contributed by atoms with Gasteiger partial charge in [-0.1, -0.05) is 6.07 Å². The van der Waals surface area contributed by atoms with E-state index < -0.39 is 13.1 Å². The van der Waals surface area contributed by atoms with Crippen LogP contribution in [0.15, 0.2) is 17.5 Å². The monoisotopic (exact) mass is 325 g/mol. The van der Waals surface area contributed by atoms with Crippen LogP contribution in [-0.4, -0.2) is 42.7 Å². The highest BCUT2D eigenvalue weighted by atomic mass is 32.1. The number of rotatable bonds is 6. The fourth-order valence-corrected chi connectivity index (χ4v) is 3.10. The Kier molecular flexibility index (Phi) is 6.41. The van der Waals surface area contributed by atoms with E-state index in [0.29, 0.717) is 25.9 Å². The van der Waals surface area contributed by atoms with Crippen LogP contribution in [0, 0.1) is 0 Å². The molecule has 1 aromatic heterocycles. The Morgan fingerprint density at radius 1 is 1.55 bits per heavy atom. The standard InChI is InChI=1S/C14H20BNO5S/c1-2-20-14(18)8-10-5-6-12(15(19)21-10)16-13(17)9-11-4-3-7-22-11/h3-4,7,10,12,19H,2,5-6,8-9H2,1H3,(H,16,17)/t10-,12-/m0/s1. The number of hydrogen-bond donors (Lipinski definition) is 2. The van der Waals surface area contributed by atoms with Crippen molar-refractivity contribution in [1.82, 2.24) is 5.32 Å². The molecule has 2 heterocycles. The Morgan fingerprint density at radius 3 is 3.00 bits per heavy atom. The maximum atomic E-state index is 11.9. The molecular weight excluding hydrogens is 305 g/mol. The molecular formula is C14H20BNO5S. The second kappa shape index (κ2) is 8.31. The van der Waals surface area contributed by atoms with Crippen LogP contribution in [0.2, 0.25) is 0 Å². The molecule has 6 nitrogen and oxygen atoms in total. The van der Waals surface area contributed by atoms with Gasteiger partial charge < -0.3 is 19.7 Å². The van der Waals surface area contributed by atoms with Crippen molar-refractivity contribution in [2.45, 2.75) is 44.7 Å². The summed E-state index contributed by atoms with van der Waals surface area (Å²) in [6, 6.07) is 3.79. The fourth-order valence-electron chi connectivity index (χ4n) is 2.40. The predicted molar refractivity (Wildman–Crippen MR) is 83.3 cm³/mol. The van der Waals surface area contributed by atoms with Gasteiger partial charge in [-0.3, -0.25) is 9.59 Å². The summed E-state index contributed by atoms with van der Waals surface area (Å²) < 4.78 is 10.3.